The minimum Gasteiger partial charge on any atom is -0.298 e. The number of halogens is 1. The van der Waals surface area contributed by atoms with E-state index in [2.05, 4.69) is 10.3 Å². The van der Waals surface area contributed by atoms with E-state index in [1.807, 2.05) is 5.38 Å². The summed E-state index contributed by atoms with van der Waals surface area (Å²) in [4.78, 5) is 16.4. The van der Waals surface area contributed by atoms with Crippen LogP contribution in [0.4, 0.5) is 5.13 Å². The Morgan fingerprint density at radius 1 is 1.39 bits per heavy atom. The maximum atomic E-state index is 12.0. The number of rotatable bonds is 3. The highest BCUT2D eigenvalue weighted by Crippen LogP contribution is 2.40. The van der Waals surface area contributed by atoms with Crippen molar-refractivity contribution in [3.05, 3.63) is 45.9 Å². The lowest BCUT2D eigenvalue weighted by atomic mass is 10.2. The van der Waals surface area contributed by atoms with Crippen molar-refractivity contribution in [1.82, 2.24) is 4.98 Å². The van der Waals surface area contributed by atoms with E-state index in [0.29, 0.717) is 21.6 Å². The van der Waals surface area contributed by atoms with E-state index in [1.54, 1.807) is 24.3 Å². The van der Waals surface area contributed by atoms with E-state index in [9.17, 15) is 4.79 Å². The zero-order chi connectivity index (χ0) is 12.5. The molecule has 1 aromatic heterocycles. The van der Waals surface area contributed by atoms with Crippen LogP contribution in [0.15, 0.2) is 29.6 Å². The number of carbonyl (C=O) groups excluding carboxylic acids is 1. The maximum Gasteiger partial charge on any atom is 0.258 e. The summed E-state index contributed by atoms with van der Waals surface area (Å²) < 4.78 is 0. The first-order valence-electron chi connectivity index (χ1n) is 5.75. The molecule has 1 amide bonds. The Balaban J connectivity index is 1.75. The minimum absolute atomic E-state index is 0.211. The number of hydrogen-bond donors (Lipinski definition) is 1. The molecule has 1 heterocycles. The summed E-state index contributed by atoms with van der Waals surface area (Å²) >= 11 is 7.43. The highest BCUT2D eigenvalue weighted by atomic mass is 35.5. The molecule has 1 N–H and O–H groups in total. The van der Waals surface area contributed by atoms with Gasteiger partial charge in [-0.05, 0) is 25.0 Å². The standard InChI is InChI=1S/C13H11ClN2OS/c14-10-4-2-1-3-9(10)12(17)16-13-15-11(7-18-13)8-5-6-8/h1-4,7-8H,5-6H2,(H,15,16,17). The van der Waals surface area contributed by atoms with Crippen molar-refractivity contribution in [2.75, 3.05) is 5.32 Å². The van der Waals surface area contributed by atoms with Crippen LogP contribution in [-0.2, 0) is 0 Å². The van der Waals surface area contributed by atoms with Gasteiger partial charge in [0, 0.05) is 11.3 Å². The zero-order valence-electron chi connectivity index (χ0n) is 9.52. The Kier molecular flexibility index (Phi) is 3.06. The third-order valence-corrected chi connectivity index (χ3v) is 3.96. The van der Waals surface area contributed by atoms with Gasteiger partial charge in [-0.25, -0.2) is 4.98 Å². The van der Waals surface area contributed by atoms with Crippen LogP contribution in [0.3, 0.4) is 0 Å². The molecular weight excluding hydrogens is 268 g/mol. The molecule has 92 valence electrons. The Hall–Kier alpha value is -1.39. The van der Waals surface area contributed by atoms with Gasteiger partial charge in [0.15, 0.2) is 5.13 Å². The number of nitrogens with one attached hydrogen (secondary N) is 1. The van der Waals surface area contributed by atoms with Gasteiger partial charge < -0.3 is 0 Å². The second-order valence-corrected chi connectivity index (χ2v) is 5.55. The van der Waals surface area contributed by atoms with E-state index < -0.39 is 0 Å². The summed E-state index contributed by atoms with van der Waals surface area (Å²) in [7, 11) is 0. The minimum atomic E-state index is -0.211. The predicted octanol–water partition coefficient (Wildman–Crippen LogP) is 3.93. The maximum absolute atomic E-state index is 12.0. The van der Waals surface area contributed by atoms with Crippen LogP contribution in [0.2, 0.25) is 5.02 Å². The molecule has 2 aromatic rings. The van der Waals surface area contributed by atoms with Gasteiger partial charge in [0.25, 0.3) is 5.91 Å². The molecule has 1 aromatic carbocycles. The highest BCUT2D eigenvalue weighted by Gasteiger charge is 2.26. The first kappa shape index (κ1) is 11.7. The molecular formula is C13H11ClN2OS. The summed E-state index contributed by atoms with van der Waals surface area (Å²) in [6.45, 7) is 0. The molecule has 0 aliphatic heterocycles. The summed E-state index contributed by atoms with van der Waals surface area (Å²) in [5.74, 6) is 0.393. The van der Waals surface area contributed by atoms with E-state index in [1.165, 1.54) is 24.2 Å². The molecule has 5 heteroatoms. The van der Waals surface area contributed by atoms with Gasteiger partial charge in [-0.15, -0.1) is 11.3 Å². The molecule has 0 atom stereocenters. The Bertz CT molecular complexity index is 592. The number of nitrogens with zero attached hydrogens (tertiary/aromatic N) is 1. The summed E-state index contributed by atoms with van der Waals surface area (Å²) in [5.41, 5.74) is 1.57. The number of amides is 1. The Morgan fingerprint density at radius 3 is 2.89 bits per heavy atom. The summed E-state index contributed by atoms with van der Waals surface area (Å²) in [5, 5.41) is 5.89. The SMILES string of the molecule is O=C(Nc1nc(C2CC2)cs1)c1ccccc1Cl. The molecule has 1 fully saturated rings. The van der Waals surface area contributed by atoms with Crippen molar-refractivity contribution in [1.29, 1.82) is 0 Å². The number of aromatic nitrogens is 1. The van der Waals surface area contributed by atoms with Crippen LogP contribution in [0.25, 0.3) is 0 Å². The first-order chi connectivity index (χ1) is 8.74. The van der Waals surface area contributed by atoms with Gasteiger partial charge in [-0.1, -0.05) is 23.7 Å². The molecule has 0 spiro atoms. The van der Waals surface area contributed by atoms with Crippen LogP contribution >= 0.6 is 22.9 Å². The van der Waals surface area contributed by atoms with Crippen LogP contribution in [0.1, 0.15) is 34.8 Å². The normalized spacial score (nSPS) is 14.5. The molecule has 3 rings (SSSR count). The van der Waals surface area contributed by atoms with E-state index in [-0.39, 0.29) is 5.91 Å². The van der Waals surface area contributed by atoms with Crippen molar-refractivity contribution >= 4 is 34.0 Å². The smallest absolute Gasteiger partial charge is 0.258 e. The monoisotopic (exact) mass is 278 g/mol. The summed E-state index contributed by atoms with van der Waals surface area (Å²) in [6.07, 6.45) is 2.42. The predicted molar refractivity (Wildman–Crippen MR) is 73.5 cm³/mol. The fraction of sp³-hybridized carbons (Fsp3) is 0.231. The first-order valence-corrected chi connectivity index (χ1v) is 7.01. The highest BCUT2D eigenvalue weighted by molar-refractivity contribution is 7.14. The number of hydrogen-bond acceptors (Lipinski definition) is 3. The molecule has 1 aliphatic rings. The van der Waals surface area contributed by atoms with Crippen molar-refractivity contribution in [3.8, 4) is 0 Å². The molecule has 3 nitrogen and oxygen atoms in total. The molecule has 0 saturated heterocycles. The second kappa shape index (κ2) is 4.71. The van der Waals surface area contributed by atoms with Crippen LogP contribution in [-0.4, -0.2) is 10.9 Å². The topological polar surface area (TPSA) is 42.0 Å². The molecule has 1 aliphatic carbocycles. The van der Waals surface area contributed by atoms with Gasteiger partial charge in [0.2, 0.25) is 0 Å². The lowest BCUT2D eigenvalue weighted by Crippen LogP contribution is -2.12. The van der Waals surface area contributed by atoms with Crippen molar-refractivity contribution in [3.63, 3.8) is 0 Å². The lowest BCUT2D eigenvalue weighted by molar-refractivity contribution is 0.102. The van der Waals surface area contributed by atoms with Crippen LogP contribution in [0, 0.1) is 0 Å². The average Bonchev–Trinajstić information content (AvgIpc) is 3.11. The molecule has 0 unspecified atom stereocenters. The molecule has 0 radical (unpaired) electrons. The summed E-state index contributed by atoms with van der Waals surface area (Å²) in [6, 6.07) is 6.99. The lowest BCUT2D eigenvalue weighted by Gasteiger charge is -2.03. The number of benzene rings is 1. The zero-order valence-corrected chi connectivity index (χ0v) is 11.1. The molecule has 18 heavy (non-hydrogen) atoms. The number of carbonyl (C=O) groups is 1. The van der Waals surface area contributed by atoms with E-state index >= 15 is 0 Å². The van der Waals surface area contributed by atoms with Gasteiger partial charge in [0.05, 0.1) is 16.3 Å². The van der Waals surface area contributed by atoms with Gasteiger partial charge >= 0.3 is 0 Å². The van der Waals surface area contributed by atoms with Gasteiger partial charge in [-0.2, -0.15) is 0 Å². The third kappa shape index (κ3) is 2.40. The molecule has 0 bridgehead atoms. The quantitative estimate of drug-likeness (QED) is 0.924. The van der Waals surface area contributed by atoms with Gasteiger partial charge in [0.1, 0.15) is 0 Å². The van der Waals surface area contributed by atoms with Crippen molar-refractivity contribution in [2.45, 2.75) is 18.8 Å². The Labute approximate surface area is 114 Å². The average molecular weight is 279 g/mol. The van der Waals surface area contributed by atoms with Crippen LogP contribution in [0.5, 0.6) is 0 Å². The number of anilines is 1. The van der Waals surface area contributed by atoms with Crippen molar-refractivity contribution in [2.24, 2.45) is 0 Å². The fourth-order valence-electron chi connectivity index (χ4n) is 1.72. The third-order valence-electron chi connectivity index (χ3n) is 2.86. The fourth-order valence-corrected chi connectivity index (χ4v) is 2.73. The molecule has 1 saturated carbocycles. The Morgan fingerprint density at radius 2 is 2.17 bits per heavy atom. The van der Waals surface area contributed by atoms with Crippen LogP contribution < -0.4 is 5.32 Å². The van der Waals surface area contributed by atoms with E-state index in [0.717, 1.165) is 5.69 Å². The van der Waals surface area contributed by atoms with Gasteiger partial charge in [-0.3, -0.25) is 10.1 Å². The second-order valence-electron chi connectivity index (χ2n) is 4.29. The van der Waals surface area contributed by atoms with E-state index in [4.69, 9.17) is 11.6 Å². The largest absolute Gasteiger partial charge is 0.298 e. The van der Waals surface area contributed by atoms with Crippen molar-refractivity contribution < 1.29 is 4.79 Å². The number of thiazole rings is 1.